The van der Waals surface area contributed by atoms with Crippen LogP contribution in [0, 0.1) is 0 Å². The third-order valence-electron chi connectivity index (χ3n) is 5.71. The van der Waals surface area contributed by atoms with Crippen LogP contribution in [0.5, 0.6) is 0 Å². The van der Waals surface area contributed by atoms with E-state index in [1.807, 2.05) is 24.3 Å². The lowest BCUT2D eigenvalue weighted by Crippen LogP contribution is -2.27. The fourth-order valence-electron chi connectivity index (χ4n) is 4.75. The van der Waals surface area contributed by atoms with Gasteiger partial charge in [-0.3, -0.25) is 0 Å². The number of hydrogen-bond acceptors (Lipinski definition) is 4. The molecular formula is C21H20O4. The van der Waals surface area contributed by atoms with Crippen molar-refractivity contribution < 1.29 is 19.1 Å². The number of carbonyl (C=O) groups excluding carboxylic acids is 2. The molecular weight excluding hydrogens is 316 g/mol. The van der Waals surface area contributed by atoms with Crippen molar-refractivity contribution in [3.8, 4) is 0 Å². The van der Waals surface area contributed by atoms with Crippen molar-refractivity contribution in [2.45, 2.75) is 31.1 Å². The first-order chi connectivity index (χ1) is 12.1. The molecule has 4 heteroatoms. The Labute approximate surface area is 146 Å². The van der Waals surface area contributed by atoms with Crippen molar-refractivity contribution in [3.05, 3.63) is 69.8 Å². The van der Waals surface area contributed by atoms with Crippen LogP contribution in [0.1, 0.15) is 55.8 Å². The van der Waals surface area contributed by atoms with Crippen LogP contribution in [0.25, 0.3) is 0 Å². The van der Waals surface area contributed by atoms with E-state index in [-0.39, 0.29) is 17.4 Å². The van der Waals surface area contributed by atoms with Gasteiger partial charge in [-0.2, -0.15) is 0 Å². The lowest BCUT2D eigenvalue weighted by Gasteiger charge is -2.29. The Kier molecular flexibility index (Phi) is 3.64. The average Bonchev–Trinajstić information content (AvgIpc) is 3.23. The number of ether oxygens (including phenoxy) is 2. The number of methoxy groups -OCH3 is 2. The van der Waals surface area contributed by atoms with Crippen LogP contribution >= 0.6 is 0 Å². The van der Waals surface area contributed by atoms with Gasteiger partial charge in [0.25, 0.3) is 0 Å². The lowest BCUT2D eigenvalue weighted by atomic mass is 9.73. The molecule has 2 aliphatic rings. The number of aryl methyl sites for hydroxylation is 2. The van der Waals surface area contributed by atoms with Crippen LogP contribution < -0.4 is 0 Å². The van der Waals surface area contributed by atoms with Crippen LogP contribution in [-0.2, 0) is 27.7 Å². The largest absolute Gasteiger partial charge is 0.465 e. The second-order valence-electron chi connectivity index (χ2n) is 6.74. The first-order valence-electron chi connectivity index (χ1n) is 8.54. The second kappa shape index (κ2) is 5.73. The highest BCUT2D eigenvalue weighted by atomic mass is 16.5. The Balaban J connectivity index is 1.99. The summed E-state index contributed by atoms with van der Waals surface area (Å²) in [7, 11) is 2.82. The summed E-state index contributed by atoms with van der Waals surface area (Å²) in [6, 6.07) is 11.6. The molecule has 4 nitrogen and oxygen atoms in total. The maximum absolute atomic E-state index is 12.4. The third-order valence-corrected chi connectivity index (χ3v) is 5.71. The quantitative estimate of drug-likeness (QED) is 0.789. The monoisotopic (exact) mass is 336 g/mol. The van der Waals surface area contributed by atoms with Crippen molar-refractivity contribution in [3.63, 3.8) is 0 Å². The predicted octanol–water partition coefficient (Wildman–Crippen LogP) is 3.44. The summed E-state index contributed by atoms with van der Waals surface area (Å²) in [5.74, 6) is -0.635. The molecule has 0 saturated heterocycles. The maximum atomic E-state index is 12.4. The van der Waals surface area contributed by atoms with Gasteiger partial charge in [0.05, 0.1) is 25.3 Å². The van der Waals surface area contributed by atoms with Crippen molar-refractivity contribution in [1.29, 1.82) is 0 Å². The van der Waals surface area contributed by atoms with Gasteiger partial charge in [0.15, 0.2) is 0 Å². The Bertz CT molecular complexity index is 808. The van der Waals surface area contributed by atoms with E-state index in [2.05, 4.69) is 12.1 Å². The third kappa shape index (κ3) is 2.13. The zero-order chi connectivity index (χ0) is 17.6. The Morgan fingerprint density at radius 2 is 1.24 bits per heavy atom. The number of fused-ring (bicyclic) bond motifs is 4. The van der Waals surface area contributed by atoms with E-state index in [9.17, 15) is 9.59 Å². The topological polar surface area (TPSA) is 52.6 Å². The van der Waals surface area contributed by atoms with E-state index in [0.29, 0.717) is 11.1 Å². The minimum atomic E-state index is -0.317. The molecule has 0 aliphatic heterocycles. The van der Waals surface area contributed by atoms with E-state index >= 15 is 0 Å². The number of carbonyl (C=O) groups is 2. The van der Waals surface area contributed by atoms with E-state index in [4.69, 9.17) is 9.47 Å². The smallest absolute Gasteiger partial charge is 0.338 e. The van der Waals surface area contributed by atoms with E-state index in [0.717, 1.165) is 36.8 Å². The van der Waals surface area contributed by atoms with Gasteiger partial charge in [0, 0.05) is 5.41 Å². The summed E-state index contributed by atoms with van der Waals surface area (Å²) in [5, 5.41) is 0. The second-order valence-corrected chi connectivity index (χ2v) is 6.74. The van der Waals surface area contributed by atoms with Gasteiger partial charge in [-0.1, -0.05) is 24.3 Å². The average molecular weight is 336 g/mol. The Hall–Kier alpha value is -2.62. The number of rotatable bonds is 2. The molecule has 2 aromatic carbocycles. The molecule has 2 aromatic rings. The van der Waals surface area contributed by atoms with Gasteiger partial charge in [-0.25, -0.2) is 9.59 Å². The zero-order valence-corrected chi connectivity index (χ0v) is 14.4. The first-order valence-corrected chi connectivity index (χ1v) is 8.54. The number of hydrogen-bond donors (Lipinski definition) is 0. The fraction of sp³-hybridized carbons (Fsp3) is 0.333. The molecule has 0 aromatic heterocycles. The Morgan fingerprint density at radius 1 is 0.800 bits per heavy atom. The van der Waals surface area contributed by atoms with Gasteiger partial charge in [-0.05, 0) is 60.1 Å². The summed E-state index contributed by atoms with van der Waals surface area (Å²) in [6.07, 6.45) is 3.60. The van der Waals surface area contributed by atoms with Crippen molar-refractivity contribution >= 4 is 11.9 Å². The van der Waals surface area contributed by atoms with E-state index in [1.165, 1.54) is 25.3 Å². The number of benzene rings is 2. The minimum Gasteiger partial charge on any atom is -0.465 e. The summed E-state index contributed by atoms with van der Waals surface area (Å²) in [6.45, 7) is 0. The SMILES string of the molecule is COC(=O)c1cccc2c1C1(CC2)CCc2cccc(C(=O)OC)c21. The van der Waals surface area contributed by atoms with Gasteiger partial charge >= 0.3 is 11.9 Å². The first kappa shape index (κ1) is 15.9. The van der Waals surface area contributed by atoms with Crippen LogP contribution in [0.15, 0.2) is 36.4 Å². The molecule has 0 N–H and O–H groups in total. The van der Waals surface area contributed by atoms with E-state index in [1.54, 1.807) is 0 Å². The molecule has 0 fully saturated rings. The van der Waals surface area contributed by atoms with Crippen LogP contribution in [0.2, 0.25) is 0 Å². The Morgan fingerprint density at radius 3 is 1.64 bits per heavy atom. The summed E-state index contributed by atoms with van der Waals surface area (Å²) in [4.78, 5) is 24.8. The van der Waals surface area contributed by atoms with Gasteiger partial charge < -0.3 is 9.47 Å². The molecule has 128 valence electrons. The molecule has 1 spiro atoms. The van der Waals surface area contributed by atoms with Crippen molar-refractivity contribution in [2.75, 3.05) is 14.2 Å². The van der Waals surface area contributed by atoms with Gasteiger partial charge in [0.1, 0.15) is 0 Å². The van der Waals surface area contributed by atoms with Crippen molar-refractivity contribution in [2.24, 2.45) is 0 Å². The maximum Gasteiger partial charge on any atom is 0.338 e. The molecule has 2 aliphatic carbocycles. The van der Waals surface area contributed by atoms with Crippen molar-refractivity contribution in [1.82, 2.24) is 0 Å². The molecule has 0 unspecified atom stereocenters. The normalized spacial score (nSPS) is 16.4. The van der Waals surface area contributed by atoms with Gasteiger partial charge in [-0.15, -0.1) is 0 Å². The summed E-state index contributed by atoms with van der Waals surface area (Å²) >= 11 is 0. The number of esters is 2. The molecule has 25 heavy (non-hydrogen) atoms. The standard InChI is InChI=1S/C21H20O4/c1-24-19(22)15-7-3-5-13-9-11-21(17(13)15)12-10-14-6-4-8-16(18(14)21)20(23)25-2/h3-8H,9-12H2,1-2H3. The predicted molar refractivity (Wildman–Crippen MR) is 93.0 cm³/mol. The molecule has 0 amide bonds. The summed E-state index contributed by atoms with van der Waals surface area (Å²) in [5.41, 5.74) is 5.36. The minimum absolute atomic E-state index is 0.305. The highest BCUT2D eigenvalue weighted by molar-refractivity contribution is 5.95. The zero-order valence-electron chi connectivity index (χ0n) is 14.4. The molecule has 4 rings (SSSR count). The molecule has 0 atom stereocenters. The lowest BCUT2D eigenvalue weighted by molar-refractivity contribution is 0.0592. The van der Waals surface area contributed by atoms with E-state index < -0.39 is 0 Å². The molecule has 0 heterocycles. The van der Waals surface area contributed by atoms with Crippen LogP contribution in [-0.4, -0.2) is 26.2 Å². The van der Waals surface area contributed by atoms with Gasteiger partial charge in [0.2, 0.25) is 0 Å². The van der Waals surface area contributed by atoms with Crippen LogP contribution in [0.4, 0.5) is 0 Å². The fourth-order valence-corrected chi connectivity index (χ4v) is 4.75. The highest BCUT2D eigenvalue weighted by Gasteiger charge is 2.48. The summed E-state index contributed by atoms with van der Waals surface area (Å²) < 4.78 is 10.0. The highest BCUT2D eigenvalue weighted by Crippen LogP contribution is 2.54. The van der Waals surface area contributed by atoms with Crippen LogP contribution in [0.3, 0.4) is 0 Å². The molecule has 0 radical (unpaired) electrons. The molecule has 0 bridgehead atoms. The molecule has 0 saturated carbocycles.